The molecule has 1 heterocycles. The van der Waals surface area contributed by atoms with Gasteiger partial charge in [-0.1, -0.05) is 42.9 Å². The lowest BCUT2D eigenvalue weighted by Crippen LogP contribution is -2.37. The van der Waals surface area contributed by atoms with Gasteiger partial charge in [0.25, 0.3) is 0 Å². The van der Waals surface area contributed by atoms with Gasteiger partial charge in [0.1, 0.15) is 0 Å². The van der Waals surface area contributed by atoms with Gasteiger partial charge in [-0.3, -0.25) is 9.59 Å². The Hall–Kier alpha value is -2.50. The normalized spacial score (nSPS) is 12.7. The molecule has 0 aliphatic heterocycles. The van der Waals surface area contributed by atoms with Crippen LogP contribution >= 0.6 is 7.94 Å². The lowest BCUT2D eigenvalue weighted by atomic mass is 10.0. The maximum atomic E-state index is 12.4. The Kier molecular flexibility index (Phi) is 9.03. The van der Waals surface area contributed by atoms with Crippen LogP contribution in [0, 0.1) is 5.92 Å². The second kappa shape index (κ2) is 11.5. The molecule has 0 saturated heterocycles. The van der Waals surface area contributed by atoms with Gasteiger partial charge in [-0.05, 0) is 36.0 Å². The summed E-state index contributed by atoms with van der Waals surface area (Å²) in [6, 6.07) is 9.48. The summed E-state index contributed by atoms with van der Waals surface area (Å²) in [5.74, 6) is -0.588. The molecule has 0 bridgehead atoms. The van der Waals surface area contributed by atoms with E-state index in [-0.39, 0.29) is 24.0 Å². The second-order valence-corrected chi connectivity index (χ2v) is 8.40. The summed E-state index contributed by atoms with van der Waals surface area (Å²) in [6.45, 7) is 5.58. The molecule has 0 fully saturated rings. The van der Waals surface area contributed by atoms with E-state index in [0.717, 1.165) is 24.0 Å². The molecule has 2 rings (SSSR count). The zero-order chi connectivity index (χ0) is 21.2. The van der Waals surface area contributed by atoms with Crippen molar-refractivity contribution in [3.05, 3.63) is 48.4 Å². The van der Waals surface area contributed by atoms with Crippen molar-refractivity contribution in [1.82, 2.24) is 10.6 Å². The van der Waals surface area contributed by atoms with Crippen molar-refractivity contribution in [2.24, 2.45) is 10.7 Å². The van der Waals surface area contributed by atoms with Gasteiger partial charge in [0.05, 0.1) is 12.5 Å². The van der Waals surface area contributed by atoms with Crippen molar-refractivity contribution < 1.29 is 18.9 Å². The summed E-state index contributed by atoms with van der Waals surface area (Å²) in [6.07, 6.45) is 4.95. The predicted octanol–water partition coefficient (Wildman–Crippen LogP) is 3.05. The topological polar surface area (TPSA) is 107 Å². The zero-order valence-corrected chi connectivity index (χ0v) is 17.9. The van der Waals surface area contributed by atoms with E-state index in [0.29, 0.717) is 6.54 Å². The second-order valence-electron chi connectivity index (χ2n) is 7.15. The summed E-state index contributed by atoms with van der Waals surface area (Å²) < 4.78 is 9.19. The molecule has 2 atom stereocenters. The molecular weight excluding hydrogens is 389 g/mol. The van der Waals surface area contributed by atoms with Gasteiger partial charge >= 0.3 is 0 Å². The Morgan fingerprint density at radius 2 is 1.86 bits per heavy atom. The van der Waals surface area contributed by atoms with Gasteiger partial charge in [-0.15, -0.1) is 0 Å². The van der Waals surface area contributed by atoms with Crippen molar-refractivity contribution >= 4 is 19.8 Å². The molecule has 0 radical (unpaired) electrons. The number of nitrogens with one attached hydrogen (secondary N) is 2. The number of carbonyl (C=O) groups is 2. The summed E-state index contributed by atoms with van der Waals surface area (Å²) >= 11 is 0. The molecule has 0 aliphatic rings. The van der Waals surface area contributed by atoms with Crippen molar-refractivity contribution in [2.75, 3.05) is 12.8 Å². The first-order valence-corrected chi connectivity index (χ1v) is 11.1. The molecule has 1 aromatic carbocycles. The van der Waals surface area contributed by atoms with Gasteiger partial charge in [0.15, 0.2) is 20.3 Å². The van der Waals surface area contributed by atoms with Crippen LogP contribution in [0.1, 0.15) is 32.8 Å². The van der Waals surface area contributed by atoms with E-state index < -0.39 is 14.0 Å². The fourth-order valence-corrected chi connectivity index (χ4v) is 3.84. The molecule has 156 valence electrons. The van der Waals surface area contributed by atoms with Crippen LogP contribution in [0.2, 0.25) is 0 Å². The van der Waals surface area contributed by atoms with E-state index in [1.807, 2.05) is 19.9 Å². The number of carbonyl (C=O) groups excluding carboxylic acids is 2. The van der Waals surface area contributed by atoms with Crippen molar-refractivity contribution in [2.45, 2.75) is 39.7 Å². The van der Waals surface area contributed by atoms with Crippen molar-refractivity contribution in [3.8, 4) is 11.1 Å². The Labute approximate surface area is 172 Å². The van der Waals surface area contributed by atoms with E-state index in [4.69, 9.17) is 4.42 Å². The lowest BCUT2D eigenvalue weighted by molar-refractivity contribution is -0.157. The largest absolute Gasteiger partial charge is 0.611 e. The minimum absolute atomic E-state index is 0.0457. The van der Waals surface area contributed by atoms with Crippen LogP contribution < -0.4 is 15.5 Å². The molecule has 2 amide bonds. The molecule has 1 aromatic heterocycles. The molecule has 1 unspecified atom stereocenters. The maximum Gasteiger partial charge on any atom is 0.249 e. The Morgan fingerprint density at radius 1 is 1.14 bits per heavy atom. The van der Waals surface area contributed by atoms with Gasteiger partial charge in [-0.25, -0.2) is 0 Å². The van der Waals surface area contributed by atoms with E-state index in [1.165, 1.54) is 12.5 Å². The number of nitrogens with zero attached hydrogens (tertiary/aromatic N) is 1. The molecular formula is C21H28N3O4P. The zero-order valence-electron chi connectivity index (χ0n) is 17.1. The Morgan fingerprint density at radius 3 is 2.45 bits per heavy atom. The smallest absolute Gasteiger partial charge is 0.249 e. The molecule has 0 aliphatic carbocycles. The van der Waals surface area contributed by atoms with E-state index in [1.54, 1.807) is 12.5 Å². The van der Waals surface area contributed by atoms with Crippen LogP contribution in [0.15, 0.2) is 52.0 Å². The number of benzene rings is 1. The number of rotatable bonds is 10. The molecule has 0 saturated carbocycles. The number of hydrogen-bond acceptors (Lipinski definition) is 5. The summed E-state index contributed by atoms with van der Waals surface area (Å²) in [5.41, 5.74) is 3.34. The average Bonchev–Trinajstić information content (AvgIpc) is 3.22. The first-order chi connectivity index (χ1) is 13.9. The number of furan rings is 1. The monoisotopic (exact) mass is 417 g/mol. The van der Waals surface area contributed by atoms with Crippen molar-refractivity contribution in [3.63, 3.8) is 0 Å². The summed E-state index contributed by atoms with van der Waals surface area (Å²) in [4.78, 5) is 35.3. The van der Waals surface area contributed by atoms with Crippen LogP contribution in [0.3, 0.4) is 0 Å². The highest BCUT2D eigenvalue weighted by Crippen LogP contribution is 2.21. The fourth-order valence-electron chi connectivity index (χ4n) is 2.75. The first-order valence-electron chi connectivity index (χ1n) is 9.66. The maximum absolute atomic E-state index is 12.4. The van der Waals surface area contributed by atoms with Crippen molar-refractivity contribution in [1.29, 1.82) is 0 Å². The Balaban J connectivity index is 1.79. The van der Waals surface area contributed by atoms with Gasteiger partial charge in [-0.2, -0.15) is 0 Å². The average molecular weight is 417 g/mol. The first kappa shape index (κ1) is 22.8. The number of aryl methyl sites for hydroxylation is 1. The highest BCUT2D eigenvalue weighted by atomic mass is 31.1. The summed E-state index contributed by atoms with van der Waals surface area (Å²) in [7, 11) is -2.02. The molecule has 2 N–H and O–H groups in total. The third-order valence-corrected chi connectivity index (χ3v) is 5.30. The Bertz CT molecular complexity index is 817. The minimum atomic E-state index is -2.02. The van der Waals surface area contributed by atoms with E-state index in [9.17, 15) is 14.5 Å². The number of amides is 2. The highest BCUT2D eigenvalue weighted by molar-refractivity contribution is 7.39. The van der Waals surface area contributed by atoms with Crippen LogP contribution in [-0.4, -0.2) is 30.7 Å². The molecule has 2 aromatic rings. The number of hydrogen-bond donors (Lipinski definition) is 2. The SMILES string of the molecule is CC(=O)NC[P+]([O-])=N[C@H](C(=O)NCCCc1ccc(-c2ccoc2)cc1)C(C)C. The molecule has 29 heavy (non-hydrogen) atoms. The third kappa shape index (κ3) is 7.80. The predicted molar refractivity (Wildman–Crippen MR) is 112 cm³/mol. The molecule has 7 nitrogen and oxygen atoms in total. The van der Waals surface area contributed by atoms with E-state index >= 15 is 0 Å². The van der Waals surface area contributed by atoms with E-state index in [2.05, 4.69) is 39.6 Å². The van der Waals surface area contributed by atoms with Crippen LogP contribution in [0.25, 0.3) is 11.1 Å². The summed E-state index contributed by atoms with van der Waals surface area (Å²) in [5, 5.41) is 5.34. The third-order valence-electron chi connectivity index (χ3n) is 4.37. The lowest BCUT2D eigenvalue weighted by Gasteiger charge is -2.14. The standard InChI is InChI=1S/C21H28N3O4P/c1-15(2)20(24-29(27)14-23-16(3)25)21(26)22-11-4-5-17-6-8-18(9-7-17)19-10-12-28-13-19/h6-10,12-13,15,20H,4-5,11,14H2,1-3H3,(H,22,26)(H,23,25)/t20-/m0/s1. The minimum Gasteiger partial charge on any atom is -0.611 e. The van der Waals surface area contributed by atoms with Gasteiger partial charge in [0, 0.05) is 19.0 Å². The van der Waals surface area contributed by atoms with Crippen LogP contribution in [0.5, 0.6) is 0 Å². The quantitative estimate of drug-likeness (QED) is 0.458. The van der Waals surface area contributed by atoms with Gasteiger partial charge in [0.2, 0.25) is 11.8 Å². The van der Waals surface area contributed by atoms with Crippen LogP contribution in [-0.2, 0) is 16.0 Å². The molecule has 8 heteroatoms. The fraction of sp³-hybridized carbons (Fsp3) is 0.429. The molecule has 0 spiro atoms. The highest BCUT2D eigenvalue weighted by Gasteiger charge is 2.24. The van der Waals surface area contributed by atoms with Gasteiger partial charge < -0.3 is 19.9 Å². The van der Waals surface area contributed by atoms with Crippen LogP contribution in [0.4, 0.5) is 0 Å².